The highest BCUT2D eigenvalue weighted by Crippen LogP contribution is 2.26. The first-order valence-electron chi connectivity index (χ1n) is 8.65. The van der Waals surface area contributed by atoms with Crippen molar-refractivity contribution in [1.82, 2.24) is 14.9 Å². The van der Waals surface area contributed by atoms with E-state index in [1.807, 2.05) is 30.3 Å². The molecule has 0 radical (unpaired) electrons. The van der Waals surface area contributed by atoms with Crippen molar-refractivity contribution in [3.63, 3.8) is 0 Å². The highest BCUT2D eigenvalue weighted by molar-refractivity contribution is 5.94. The minimum Gasteiger partial charge on any atom is -0.338 e. The Morgan fingerprint density at radius 2 is 1.77 bits per heavy atom. The van der Waals surface area contributed by atoms with E-state index in [9.17, 15) is 9.18 Å². The van der Waals surface area contributed by atoms with E-state index in [0.29, 0.717) is 31.5 Å². The number of aromatic nitrogens is 2. The molecule has 0 aliphatic carbocycles. The second kappa shape index (κ2) is 7.04. The lowest BCUT2D eigenvalue weighted by molar-refractivity contribution is 0.0762. The molecule has 130 valence electrons. The fourth-order valence-electron chi connectivity index (χ4n) is 3.38. The Balaban J connectivity index is 1.61. The van der Waals surface area contributed by atoms with Gasteiger partial charge in [0.1, 0.15) is 12.1 Å². The standard InChI is InChI=1S/C21H18FN3O/c22-17-8-4-7-16(13-17)21(26)25-11-9-18-19(10-12-25)23-14-24-20(18)15-5-2-1-3-6-15/h1-8,13-14H,9-12H2. The van der Waals surface area contributed by atoms with E-state index in [-0.39, 0.29) is 5.91 Å². The Hall–Kier alpha value is -3.08. The third-order valence-electron chi connectivity index (χ3n) is 4.69. The number of carbonyl (C=O) groups excluding carboxylic acids is 1. The number of amides is 1. The number of fused-ring (bicyclic) bond motifs is 1. The predicted molar refractivity (Wildman–Crippen MR) is 97.2 cm³/mol. The van der Waals surface area contributed by atoms with Crippen molar-refractivity contribution in [2.45, 2.75) is 12.8 Å². The summed E-state index contributed by atoms with van der Waals surface area (Å²) < 4.78 is 13.4. The number of hydrogen-bond donors (Lipinski definition) is 0. The third kappa shape index (κ3) is 3.20. The van der Waals surface area contributed by atoms with Gasteiger partial charge in [-0.3, -0.25) is 4.79 Å². The Morgan fingerprint density at radius 3 is 2.58 bits per heavy atom. The van der Waals surface area contributed by atoms with Crippen LogP contribution in [0.25, 0.3) is 11.3 Å². The topological polar surface area (TPSA) is 46.1 Å². The number of nitrogens with zero attached hydrogens (tertiary/aromatic N) is 3. The van der Waals surface area contributed by atoms with E-state index in [0.717, 1.165) is 22.5 Å². The fourth-order valence-corrected chi connectivity index (χ4v) is 3.38. The lowest BCUT2D eigenvalue weighted by atomic mass is 10.0. The second-order valence-electron chi connectivity index (χ2n) is 6.32. The van der Waals surface area contributed by atoms with Crippen molar-refractivity contribution in [3.8, 4) is 11.3 Å². The summed E-state index contributed by atoms with van der Waals surface area (Å²) in [7, 11) is 0. The average Bonchev–Trinajstić information content (AvgIpc) is 2.91. The van der Waals surface area contributed by atoms with Gasteiger partial charge in [0.05, 0.1) is 5.69 Å². The molecule has 0 atom stereocenters. The van der Waals surface area contributed by atoms with Crippen LogP contribution < -0.4 is 0 Å². The quantitative estimate of drug-likeness (QED) is 0.712. The van der Waals surface area contributed by atoms with E-state index in [1.54, 1.807) is 23.4 Å². The first kappa shape index (κ1) is 16.4. The van der Waals surface area contributed by atoms with Crippen LogP contribution in [0.3, 0.4) is 0 Å². The molecule has 26 heavy (non-hydrogen) atoms. The molecule has 0 N–H and O–H groups in total. The van der Waals surface area contributed by atoms with Crippen LogP contribution in [0.5, 0.6) is 0 Å². The average molecular weight is 347 g/mol. The summed E-state index contributed by atoms with van der Waals surface area (Å²) in [6.07, 6.45) is 2.94. The first-order valence-corrected chi connectivity index (χ1v) is 8.65. The summed E-state index contributed by atoms with van der Waals surface area (Å²) in [6.45, 7) is 1.13. The van der Waals surface area contributed by atoms with Gasteiger partial charge in [-0.05, 0) is 24.6 Å². The zero-order valence-corrected chi connectivity index (χ0v) is 14.2. The molecule has 0 bridgehead atoms. The molecule has 0 fully saturated rings. The van der Waals surface area contributed by atoms with Crippen LogP contribution in [0.1, 0.15) is 21.6 Å². The number of rotatable bonds is 2. The first-order chi connectivity index (χ1) is 12.7. The maximum Gasteiger partial charge on any atom is 0.253 e. The lowest BCUT2D eigenvalue weighted by Gasteiger charge is -2.20. The zero-order chi connectivity index (χ0) is 17.9. The molecule has 0 saturated heterocycles. The SMILES string of the molecule is O=C(c1cccc(F)c1)N1CCc2ncnc(-c3ccccc3)c2CC1. The van der Waals surface area contributed by atoms with Gasteiger partial charge < -0.3 is 4.90 Å². The summed E-state index contributed by atoms with van der Waals surface area (Å²) in [6, 6.07) is 15.9. The number of carbonyl (C=O) groups is 1. The highest BCUT2D eigenvalue weighted by atomic mass is 19.1. The smallest absolute Gasteiger partial charge is 0.253 e. The molecule has 1 amide bonds. The van der Waals surface area contributed by atoms with Gasteiger partial charge in [0, 0.05) is 41.9 Å². The molecule has 1 aliphatic rings. The van der Waals surface area contributed by atoms with Crippen molar-refractivity contribution in [2.24, 2.45) is 0 Å². The maximum absolute atomic E-state index is 13.4. The molecule has 5 heteroatoms. The Morgan fingerprint density at radius 1 is 0.962 bits per heavy atom. The largest absolute Gasteiger partial charge is 0.338 e. The van der Waals surface area contributed by atoms with Crippen molar-refractivity contribution in [2.75, 3.05) is 13.1 Å². The number of benzene rings is 2. The van der Waals surface area contributed by atoms with E-state index in [1.165, 1.54) is 12.1 Å². The second-order valence-corrected chi connectivity index (χ2v) is 6.32. The highest BCUT2D eigenvalue weighted by Gasteiger charge is 2.23. The molecule has 0 spiro atoms. The van der Waals surface area contributed by atoms with Crippen molar-refractivity contribution >= 4 is 5.91 Å². The van der Waals surface area contributed by atoms with Crippen molar-refractivity contribution in [3.05, 3.63) is 83.6 Å². The maximum atomic E-state index is 13.4. The van der Waals surface area contributed by atoms with Gasteiger partial charge in [0.15, 0.2) is 0 Å². The van der Waals surface area contributed by atoms with E-state index in [4.69, 9.17) is 0 Å². The summed E-state index contributed by atoms with van der Waals surface area (Å²) in [5.74, 6) is -0.544. The van der Waals surface area contributed by atoms with E-state index < -0.39 is 5.82 Å². The molecule has 2 aromatic carbocycles. The molecular formula is C21H18FN3O. The third-order valence-corrected chi connectivity index (χ3v) is 4.69. The molecule has 3 aromatic rings. The monoisotopic (exact) mass is 347 g/mol. The van der Waals surface area contributed by atoms with Gasteiger partial charge in [-0.2, -0.15) is 0 Å². The van der Waals surface area contributed by atoms with Crippen LogP contribution >= 0.6 is 0 Å². The number of halogens is 1. The van der Waals surface area contributed by atoms with Gasteiger partial charge >= 0.3 is 0 Å². The Bertz CT molecular complexity index is 943. The molecule has 1 aliphatic heterocycles. The van der Waals surface area contributed by atoms with Crippen LogP contribution in [0.2, 0.25) is 0 Å². The summed E-state index contributed by atoms with van der Waals surface area (Å²) in [4.78, 5) is 23.4. The normalized spacial score (nSPS) is 13.8. The summed E-state index contributed by atoms with van der Waals surface area (Å²) in [5.41, 5.74) is 4.43. The van der Waals surface area contributed by atoms with Crippen LogP contribution in [-0.4, -0.2) is 33.9 Å². The molecule has 0 saturated carbocycles. The lowest BCUT2D eigenvalue weighted by Crippen LogP contribution is -2.33. The zero-order valence-electron chi connectivity index (χ0n) is 14.2. The minimum atomic E-state index is -0.397. The molecular weight excluding hydrogens is 329 g/mol. The van der Waals surface area contributed by atoms with Crippen molar-refractivity contribution in [1.29, 1.82) is 0 Å². The number of hydrogen-bond acceptors (Lipinski definition) is 3. The van der Waals surface area contributed by atoms with Gasteiger partial charge in [-0.25, -0.2) is 14.4 Å². The Labute approximate surface area is 151 Å². The van der Waals surface area contributed by atoms with E-state index in [2.05, 4.69) is 9.97 Å². The predicted octanol–water partition coefficient (Wildman–Crippen LogP) is 3.52. The Kier molecular flexibility index (Phi) is 4.44. The fraction of sp³-hybridized carbons (Fsp3) is 0.190. The van der Waals surface area contributed by atoms with Crippen LogP contribution in [0.15, 0.2) is 60.9 Å². The molecule has 4 rings (SSSR count). The molecule has 2 heterocycles. The molecule has 1 aromatic heterocycles. The molecule has 4 nitrogen and oxygen atoms in total. The summed E-state index contributed by atoms with van der Waals surface area (Å²) >= 11 is 0. The molecule has 0 unspecified atom stereocenters. The van der Waals surface area contributed by atoms with Crippen LogP contribution in [0, 0.1) is 5.82 Å². The van der Waals surface area contributed by atoms with Gasteiger partial charge in [0.2, 0.25) is 0 Å². The van der Waals surface area contributed by atoms with Gasteiger partial charge in [0.25, 0.3) is 5.91 Å². The minimum absolute atomic E-state index is 0.147. The van der Waals surface area contributed by atoms with Gasteiger partial charge in [-0.15, -0.1) is 0 Å². The summed E-state index contributed by atoms with van der Waals surface area (Å²) in [5, 5.41) is 0. The van der Waals surface area contributed by atoms with Crippen LogP contribution in [0.4, 0.5) is 4.39 Å². The van der Waals surface area contributed by atoms with Crippen molar-refractivity contribution < 1.29 is 9.18 Å². The van der Waals surface area contributed by atoms with Gasteiger partial charge in [-0.1, -0.05) is 36.4 Å². The van der Waals surface area contributed by atoms with Crippen LogP contribution in [-0.2, 0) is 12.8 Å². The van der Waals surface area contributed by atoms with E-state index >= 15 is 0 Å².